The summed E-state index contributed by atoms with van der Waals surface area (Å²) in [6, 6.07) is 8.52. The second-order valence-corrected chi connectivity index (χ2v) is 7.59. The molecular weight excluding hydrogens is 324 g/mol. The Morgan fingerprint density at radius 1 is 0.769 bits per heavy atom. The van der Waals surface area contributed by atoms with Crippen molar-refractivity contribution in [1.29, 1.82) is 0 Å². The monoisotopic (exact) mass is 352 g/mol. The number of hydrogen-bond acceptors (Lipinski definition) is 3. The first-order valence-electron chi connectivity index (χ1n) is 9.12. The number of carboxylic acid groups (broad SMARTS) is 1. The van der Waals surface area contributed by atoms with Crippen molar-refractivity contribution >= 4 is 17.3 Å². The highest BCUT2D eigenvalue weighted by atomic mass is 16.4. The molecule has 1 heterocycles. The third-order valence-electron chi connectivity index (χ3n) is 5.24. The van der Waals surface area contributed by atoms with Crippen molar-refractivity contribution in [1.82, 2.24) is 0 Å². The average molecular weight is 352 g/mol. The van der Waals surface area contributed by atoms with Gasteiger partial charge in [-0.15, -0.1) is 0 Å². The first kappa shape index (κ1) is 18.3. The molecule has 1 fully saturated rings. The molecule has 1 saturated heterocycles. The Morgan fingerprint density at radius 3 is 1.35 bits per heavy atom. The van der Waals surface area contributed by atoms with E-state index in [9.17, 15) is 9.90 Å². The van der Waals surface area contributed by atoms with Crippen molar-refractivity contribution in [2.45, 2.75) is 47.7 Å². The smallest absolute Gasteiger partial charge is 0.347 e. The Hall–Kier alpha value is -2.49. The van der Waals surface area contributed by atoms with Crippen molar-refractivity contribution in [3.8, 4) is 0 Å². The maximum atomic E-state index is 12.3. The van der Waals surface area contributed by atoms with Crippen LogP contribution in [0.25, 0.3) is 0 Å². The van der Waals surface area contributed by atoms with E-state index in [1.54, 1.807) is 0 Å². The fourth-order valence-corrected chi connectivity index (χ4v) is 4.61. The van der Waals surface area contributed by atoms with Crippen molar-refractivity contribution in [3.63, 3.8) is 0 Å². The lowest BCUT2D eigenvalue weighted by Gasteiger charge is -2.33. The van der Waals surface area contributed by atoms with Gasteiger partial charge in [0.15, 0.2) is 0 Å². The average Bonchev–Trinajstić information content (AvgIpc) is 2.89. The van der Waals surface area contributed by atoms with Gasteiger partial charge in [0.1, 0.15) is 0 Å². The molecule has 0 saturated carbocycles. The van der Waals surface area contributed by atoms with Crippen LogP contribution in [-0.2, 0) is 4.79 Å². The summed E-state index contributed by atoms with van der Waals surface area (Å²) in [5.41, 5.74) is 9.04. The van der Waals surface area contributed by atoms with Crippen LogP contribution in [-0.4, -0.2) is 30.3 Å². The Bertz CT molecular complexity index is 761. The third-order valence-corrected chi connectivity index (χ3v) is 5.24. The summed E-state index contributed by atoms with van der Waals surface area (Å²) in [5.74, 6) is -0.804. The van der Waals surface area contributed by atoms with Gasteiger partial charge in [0.2, 0.25) is 6.17 Å². The second-order valence-electron chi connectivity index (χ2n) is 7.59. The first-order chi connectivity index (χ1) is 12.2. The number of aryl methyl sites for hydroxylation is 6. The number of carbonyl (C=O) groups is 1. The fourth-order valence-electron chi connectivity index (χ4n) is 4.61. The topological polar surface area (TPSA) is 43.8 Å². The first-order valence-corrected chi connectivity index (χ1v) is 9.12. The van der Waals surface area contributed by atoms with Gasteiger partial charge >= 0.3 is 5.97 Å². The zero-order valence-corrected chi connectivity index (χ0v) is 16.6. The molecule has 0 aliphatic carbocycles. The van der Waals surface area contributed by atoms with E-state index in [1.165, 1.54) is 11.1 Å². The Kier molecular flexibility index (Phi) is 4.70. The molecule has 0 atom stereocenters. The van der Waals surface area contributed by atoms with Crippen LogP contribution in [0.15, 0.2) is 24.3 Å². The van der Waals surface area contributed by atoms with Gasteiger partial charge in [-0.05, 0) is 63.8 Å². The molecule has 1 N–H and O–H groups in total. The fraction of sp³-hybridized carbons (Fsp3) is 0.409. The zero-order valence-electron chi connectivity index (χ0n) is 16.6. The summed E-state index contributed by atoms with van der Waals surface area (Å²) in [5, 5.41) is 10.1. The van der Waals surface area contributed by atoms with Gasteiger partial charge in [-0.1, -0.05) is 35.4 Å². The minimum absolute atomic E-state index is 0.685. The highest BCUT2D eigenvalue weighted by Gasteiger charge is 2.40. The number of anilines is 2. The minimum Gasteiger partial charge on any atom is -0.478 e. The minimum atomic E-state index is -0.804. The van der Waals surface area contributed by atoms with Gasteiger partial charge in [-0.2, -0.15) is 0 Å². The molecule has 26 heavy (non-hydrogen) atoms. The van der Waals surface area contributed by atoms with Gasteiger partial charge in [-0.3, -0.25) is 0 Å². The molecule has 4 heteroatoms. The number of aliphatic carboxylic acids is 1. The molecule has 3 rings (SSSR count). The van der Waals surface area contributed by atoms with Gasteiger partial charge in [0.05, 0.1) is 0 Å². The maximum absolute atomic E-state index is 12.3. The Balaban J connectivity index is 2.09. The van der Waals surface area contributed by atoms with E-state index in [-0.39, 0.29) is 0 Å². The van der Waals surface area contributed by atoms with E-state index < -0.39 is 12.1 Å². The standard InChI is InChI=1S/C22H28N2O2/c1-13-9-15(3)19(16(4)10-13)23-7-8-24(21(23)22(25)26)20-17(5)11-14(2)12-18(20)6/h9-12,21H,7-8H2,1-6H3,(H,25,26). The highest BCUT2D eigenvalue weighted by molar-refractivity contribution is 5.85. The summed E-state index contributed by atoms with van der Waals surface area (Å²) >= 11 is 0. The molecule has 1 aliphatic rings. The van der Waals surface area contributed by atoms with E-state index in [4.69, 9.17) is 0 Å². The molecule has 138 valence electrons. The molecule has 1 aliphatic heterocycles. The van der Waals surface area contributed by atoms with E-state index in [0.29, 0.717) is 13.1 Å². The molecule has 0 radical (unpaired) electrons. The van der Waals surface area contributed by atoms with Gasteiger partial charge in [0.25, 0.3) is 0 Å². The van der Waals surface area contributed by atoms with E-state index in [1.807, 2.05) is 9.80 Å². The van der Waals surface area contributed by atoms with E-state index >= 15 is 0 Å². The number of rotatable bonds is 3. The van der Waals surface area contributed by atoms with Crippen molar-refractivity contribution in [2.24, 2.45) is 0 Å². The third kappa shape index (κ3) is 3.05. The van der Waals surface area contributed by atoms with Crippen LogP contribution in [0, 0.1) is 41.5 Å². The molecule has 0 unspecified atom stereocenters. The van der Waals surface area contributed by atoms with Crippen LogP contribution in [0.1, 0.15) is 33.4 Å². The molecule has 2 aromatic rings. The number of carboxylic acids is 1. The van der Waals surface area contributed by atoms with Crippen LogP contribution in [0.5, 0.6) is 0 Å². The predicted molar refractivity (Wildman–Crippen MR) is 107 cm³/mol. The number of benzene rings is 2. The number of nitrogens with zero attached hydrogens (tertiary/aromatic N) is 2. The SMILES string of the molecule is Cc1cc(C)c(N2CCN(c3c(C)cc(C)cc3C)C2C(=O)O)c(C)c1. The molecule has 0 spiro atoms. The summed E-state index contributed by atoms with van der Waals surface area (Å²) in [7, 11) is 0. The number of hydrogen-bond donors (Lipinski definition) is 1. The lowest BCUT2D eigenvalue weighted by Crippen LogP contribution is -2.46. The summed E-state index contributed by atoms with van der Waals surface area (Å²) in [4.78, 5) is 16.4. The van der Waals surface area contributed by atoms with Crippen molar-refractivity contribution in [3.05, 3.63) is 57.6 Å². The maximum Gasteiger partial charge on any atom is 0.347 e. The predicted octanol–water partition coefficient (Wildman–Crippen LogP) is 4.27. The summed E-state index contributed by atoms with van der Waals surface area (Å²) in [6.45, 7) is 13.8. The second kappa shape index (κ2) is 6.67. The normalized spacial score (nSPS) is 15.0. The zero-order chi connectivity index (χ0) is 19.2. The van der Waals surface area contributed by atoms with Crippen molar-refractivity contribution < 1.29 is 9.90 Å². The lowest BCUT2D eigenvalue weighted by molar-refractivity contribution is -0.138. The highest BCUT2D eigenvalue weighted by Crippen LogP contribution is 2.36. The molecular formula is C22H28N2O2. The molecule has 0 bridgehead atoms. The summed E-state index contributed by atoms with van der Waals surface area (Å²) in [6.07, 6.45) is -0.685. The lowest BCUT2D eigenvalue weighted by atomic mass is 10.0. The Morgan fingerprint density at radius 2 is 1.08 bits per heavy atom. The van der Waals surface area contributed by atoms with Crippen LogP contribution < -0.4 is 9.80 Å². The van der Waals surface area contributed by atoms with Crippen LogP contribution in [0.2, 0.25) is 0 Å². The quantitative estimate of drug-likeness (QED) is 0.896. The van der Waals surface area contributed by atoms with Gasteiger partial charge < -0.3 is 14.9 Å². The molecule has 2 aromatic carbocycles. The van der Waals surface area contributed by atoms with Crippen LogP contribution in [0.4, 0.5) is 11.4 Å². The van der Waals surface area contributed by atoms with E-state index in [2.05, 4.69) is 65.8 Å². The summed E-state index contributed by atoms with van der Waals surface area (Å²) < 4.78 is 0. The Labute approximate surface area is 156 Å². The van der Waals surface area contributed by atoms with Crippen LogP contribution >= 0.6 is 0 Å². The van der Waals surface area contributed by atoms with Gasteiger partial charge in [0, 0.05) is 24.5 Å². The molecule has 4 nitrogen and oxygen atoms in total. The molecule has 0 aromatic heterocycles. The van der Waals surface area contributed by atoms with Gasteiger partial charge in [-0.25, -0.2) is 4.79 Å². The van der Waals surface area contributed by atoms with Crippen molar-refractivity contribution in [2.75, 3.05) is 22.9 Å². The van der Waals surface area contributed by atoms with Crippen LogP contribution in [0.3, 0.4) is 0 Å². The largest absolute Gasteiger partial charge is 0.478 e. The molecule has 0 amide bonds. The van der Waals surface area contributed by atoms with E-state index in [0.717, 1.165) is 33.6 Å².